The quantitative estimate of drug-likeness (QED) is 0.726. The molecule has 0 heterocycles. The molecule has 0 aliphatic heterocycles. The summed E-state index contributed by atoms with van der Waals surface area (Å²) in [6, 6.07) is 14.1. The number of nitrogens with two attached hydrogens (primary N) is 1. The van der Waals surface area contributed by atoms with Crippen LogP contribution in [-0.2, 0) is 0 Å². The summed E-state index contributed by atoms with van der Waals surface area (Å²) in [6.07, 6.45) is 0. The number of anilines is 2. The smallest absolute Gasteiger partial charge is 0.323 e. The molecule has 0 bridgehead atoms. The summed E-state index contributed by atoms with van der Waals surface area (Å²) in [6.45, 7) is 6.96. The highest BCUT2D eigenvalue weighted by atomic mass is 16.2. The van der Waals surface area contributed by atoms with Crippen LogP contribution in [0.4, 0.5) is 16.2 Å². The van der Waals surface area contributed by atoms with E-state index in [0.29, 0.717) is 30.0 Å². The van der Waals surface area contributed by atoms with Crippen molar-refractivity contribution in [3.63, 3.8) is 0 Å². The van der Waals surface area contributed by atoms with Gasteiger partial charge in [0.2, 0.25) is 0 Å². The van der Waals surface area contributed by atoms with Crippen molar-refractivity contribution >= 4 is 23.3 Å². The molecule has 0 aliphatic rings. The van der Waals surface area contributed by atoms with Gasteiger partial charge in [-0.25, -0.2) is 4.79 Å². The molecule has 2 rings (SSSR count). The van der Waals surface area contributed by atoms with Crippen LogP contribution in [0.2, 0.25) is 0 Å². The van der Waals surface area contributed by atoms with E-state index < -0.39 is 0 Å². The minimum absolute atomic E-state index is 0.108. The minimum atomic E-state index is -0.355. The van der Waals surface area contributed by atoms with Crippen LogP contribution in [-0.4, -0.2) is 37.0 Å². The Morgan fingerprint density at radius 1 is 1.07 bits per heavy atom. The molecule has 4 N–H and O–H groups in total. The van der Waals surface area contributed by atoms with Crippen LogP contribution >= 0.6 is 0 Å². The Labute approximate surface area is 160 Å². The van der Waals surface area contributed by atoms with E-state index in [1.165, 1.54) is 0 Å². The summed E-state index contributed by atoms with van der Waals surface area (Å²) in [5.41, 5.74) is 8.29. The van der Waals surface area contributed by atoms with Crippen LogP contribution in [0.25, 0.3) is 0 Å². The van der Waals surface area contributed by atoms with Gasteiger partial charge in [-0.2, -0.15) is 0 Å². The van der Waals surface area contributed by atoms with Gasteiger partial charge < -0.3 is 21.3 Å². The first kappa shape index (κ1) is 20.5. The van der Waals surface area contributed by atoms with E-state index in [0.717, 1.165) is 5.56 Å². The van der Waals surface area contributed by atoms with Gasteiger partial charge in [-0.15, -0.1) is 0 Å². The zero-order chi connectivity index (χ0) is 20.0. The van der Waals surface area contributed by atoms with Crippen molar-refractivity contribution in [1.82, 2.24) is 4.90 Å². The second-order valence-corrected chi connectivity index (χ2v) is 7.50. The molecule has 144 valence electrons. The molecule has 6 heteroatoms. The molecule has 2 aromatic carbocycles. The van der Waals surface area contributed by atoms with Crippen molar-refractivity contribution in [3.05, 3.63) is 59.7 Å². The fourth-order valence-electron chi connectivity index (χ4n) is 2.69. The number of carbonyl (C=O) groups is 2. The third kappa shape index (κ3) is 5.82. The molecule has 27 heavy (non-hydrogen) atoms. The third-order valence-electron chi connectivity index (χ3n) is 4.33. The van der Waals surface area contributed by atoms with Crippen LogP contribution in [0.5, 0.6) is 0 Å². The topological polar surface area (TPSA) is 87.5 Å². The average Bonchev–Trinajstić information content (AvgIpc) is 2.63. The fourth-order valence-corrected chi connectivity index (χ4v) is 2.69. The molecule has 6 nitrogen and oxygen atoms in total. The van der Waals surface area contributed by atoms with Crippen molar-refractivity contribution < 1.29 is 9.59 Å². The number of urea groups is 1. The summed E-state index contributed by atoms with van der Waals surface area (Å²) < 4.78 is 0. The predicted molar refractivity (Wildman–Crippen MR) is 110 cm³/mol. The highest BCUT2D eigenvalue weighted by Crippen LogP contribution is 2.20. The Morgan fingerprint density at radius 2 is 1.74 bits per heavy atom. The van der Waals surface area contributed by atoms with Gasteiger partial charge in [0.05, 0.1) is 0 Å². The summed E-state index contributed by atoms with van der Waals surface area (Å²) in [5, 5.41) is 5.58. The van der Waals surface area contributed by atoms with Crippen LogP contribution < -0.4 is 16.4 Å². The maximum atomic E-state index is 12.7. The van der Waals surface area contributed by atoms with E-state index in [1.54, 1.807) is 36.2 Å². The van der Waals surface area contributed by atoms with Gasteiger partial charge in [0, 0.05) is 30.5 Å². The number of aryl methyl sites for hydroxylation is 1. The lowest BCUT2D eigenvalue weighted by Gasteiger charge is -2.29. The molecule has 3 amide bonds. The highest BCUT2D eigenvalue weighted by Gasteiger charge is 2.22. The van der Waals surface area contributed by atoms with Crippen LogP contribution in [0.15, 0.2) is 48.5 Å². The summed E-state index contributed by atoms with van der Waals surface area (Å²) in [4.78, 5) is 26.6. The molecule has 0 saturated carbocycles. The first-order valence-electron chi connectivity index (χ1n) is 8.91. The maximum absolute atomic E-state index is 12.7. The molecule has 2 aromatic rings. The van der Waals surface area contributed by atoms with Gasteiger partial charge in [-0.05, 0) is 48.7 Å². The molecule has 0 aromatic heterocycles. The molecule has 0 unspecified atom stereocenters. The zero-order valence-corrected chi connectivity index (χ0v) is 16.4. The zero-order valence-electron chi connectivity index (χ0n) is 16.4. The van der Waals surface area contributed by atoms with E-state index in [4.69, 9.17) is 5.73 Å². The highest BCUT2D eigenvalue weighted by molar-refractivity contribution is 6.02. The van der Waals surface area contributed by atoms with E-state index >= 15 is 0 Å². The van der Waals surface area contributed by atoms with Crippen molar-refractivity contribution in [1.29, 1.82) is 0 Å². The van der Waals surface area contributed by atoms with Crippen LogP contribution in [0.1, 0.15) is 29.8 Å². The molecular weight excluding hydrogens is 340 g/mol. The number of para-hydroxylation sites is 1. The second-order valence-electron chi connectivity index (χ2n) is 7.50. The van der Waals surface area contributed by atoms with Gasteiger partial charge in [-0.1, -0.05) is 38.1 Å². The molecule has 0 fully saturated rings. The van der Waals surface area contributed by atoms with E-state index in [-0.39, 0.29) is 17.4 Å². The van der Waals surface area contributed by atoms with Gasteiger partial charge in [0.25, 0.3) is 5.91 Å². The minimum Gasteiger partial charge on any atom is -0.341 e. The number of hydrogen-bond donors (Lipinski definition) is 3. The first-order chi connectivity index (χ1) is 12.7. The third-order valence-corrected chi connectivity index (χ3v) is 4.33. The number of nitrogens with zero attached hydrogens (tertiary/aromatic N) is 1. The van der Waals surface area contributed by atoms with Gasteiger partial charge in [0.1, 0.15) is 0 Å². The van der Waals surface area contributed by atoms with E-state index in [9.17, 15) is 9.59 Å². The molecule has 0 spiro atoms. The average molecular weight is 368 g/mol. The lowest BCUT2D eigenvalue weighted by atomic mass is 9.93. The lowest BCUT2D eigenvalue weighted by Crippen LogP contribution is -2.39. The van der Waals surface area contributed by atoms with Gasteiger partial charge in [0.15, 0.2) is 0 Å². The summed E-state index contributed by atoms with van der Waals surface area (Å²) in [7, 11) is 1.76. The maximum Gasteiger partial charge on any atom is 0.323 e. The van der Waals surface area contributed by atoms with Gasteiger partial charge >= 0.3 is 6.03 Å². The van der Waals surface area contributed by atoms with Crippen molar-refractivity contribution in [2.24, 2.45) is 11.1 Å². The van der Waals surface area contributed by atoms with Crippen molar-refractivity contribution in [3.8, 4) is 0 Å². The van der Waals surface area contributed by atoms with Gasteiger partial charge in [-0.3, -0.25) is 4.79 Å². The van der Waals surface area contributed by atoms with E-state index in [2.05, 4.69) is 10.6 Å². The van der Waals surface area contributed by atoms with Crippen LogP contribution in [0, 0.1) is 12.3 Å². The van der Waals surface area contributed by atoms with Crippen molar-refractivity contribution in [2.45, 2.75) is 20.8 Å². The Hall–Kier alpha value is -2.86. The number of rotatable bonds is 6. The van der Waals surface area contributed by atoms with Crippen molar-refractivity contribution in [2.75, 3.05) is 30.8 Å². The number of carbonyl (C=O) groups excluding carboxylic acids is 2. The Balaban J connectivity index is 2.11. The molecule has 0 saturated heterocycles. The predicted octanol–water partition coefficient (Wildman–Crippen LogP) is 3.70. The largest absolute Gasteiger partial charge is 0.341 e. The number of nitrogens with one attached hydrogen (secondary N) is 2. The first-order valence-corrected chi connectivity index (χ1v) is 8.91. The number of hydrogen-bond acceptors (Lipinski definition) is 3. The summed E-state index contributed by atoms with van der Waals surface area (Å²) >= 11 is 0. The monoisotopic (exact) mass is 368 g/mol. The SMILES string of the molecule is Cc1ccc(C(=O)N(C)CC(C)(C)CN)cc1NC(=O)Nc1ccccc1. The Kier molecular flexibility index (Phi) is 6.58. The Morgan fingerprint density at radius 3 is 2.37 bits per heavy atom. The molecule has 0 atom stereocenters. The Bertz CT molecular complexity index is 803. The normalized spacial score (nSPS) is 11.0. The fraction of sp³-hybridized carbons (Fsp3) is 0.333. The standard InChI is InChI=1S/C21H28N4O2/c1-15-10-11-16(19(26)25(4)14-21(2,3)13-22)12-18(15)24-20(27)23-17-8-6-5-7-9-17/h5-12H,13-14,22H2,1-4H3,(H2,23,24,27). The molecular formula is C21H28N4O2. The number of benzene rings is 2. The lowest BCUT2D eigenvalue weighted by molar-refractivity contribution is 0.0740. The summed E-state index contributed by atoms with van der Waals surface area (Å²) in [5.74, 6) is -0.108. The second kappa shape index (κ2) is 8.68. The molecule has 0 aliphatic carbocycles. The van der Waals surface area contributed by atoms with Crippen LogP contribution in [0.3, 0.4) is 0 Å². The molecule has 0 radical (unpaired) electrons. The van der Waals surface area contributed by atoms with E-state index in [1.807, 2.05) is 45.0 Å². The number of amides is 3.